The molecular weight excluding hydrogens is 422 g/mol. The zero-order chi connectivity index (χ0) is 22.0. The van der Waals surface area contributed by atoms with Gasteiger partial charge in [0.2, 0.25) is 5.91 Å². The van der Waals surface area contributed by atoms with E-state index in [4.69, 9.17) is 16.3 Å². The largest absolute Gasteiger partial charge is 0.441 e. The molecule has 0 saturated heterocycles. The van der Waals surface area contributed by atoms with Crippen LogP contribution >= 0.6 is 11.6 Å². The molecule has 3 aromatic rings. The van der Waals surface area contributed by atoms with Gasteiger partial charge in [-0.15, -0.1) is 0 Å². The summed E-state index contributed by atoms with van der Waals surface area (Å²) in [5.41, 5.74) is 1.61. The van der Waals surface area contributed by atoms with E-state index in [-0.39, 0.29) is 17.0 Å². The van der Waals surface area contributed by atoms with Crippen molar-refractivity contribution in [3.8, 4) is 11.4 Å². The molecule has 31 heavy (non-hydrogen) atoms. The minimum absolute atomic E-state index is 0.0225. The van der Waals surface area contributed by atoms with Crippen molar-refractivity contribution in [2.45, 2.75) is 25.9 Å². The number of pyridine rings is 1. The van der Waals surface area contributed by atoms with Crippen LogP contribution < -0.4 is 10.6 Å². The van der Waals surface area contributed by atoms with E-state index in [9.17, 15) is 9.59 Å². The van der Waals surface area contributed by atoms with Crippen LogP contribution in [-0.2, 0) is 16.6 Å². The second-order valence-corrected chi connectivity index (χ2v) is 7.50. The Bertz CT molecular complexity index is 1110. The van der Waals surface area contributed by atoms with E-state index in [0.29, 0.717) is 28.5 Å². The van der Waals surface area contributed by atoms with E-state index in [2.05, 4.69) is 30.7 Å². The molecule has 1 aliphatic carbocycles. The highest BCUT2D eigenvalue weighted by Crippen LogP contribution is 2.30. The molecule has 3 heterocycles. The standard InChI is InChI=1S/C20H20ClN7O3/c1-11(14-4-3-7-22-16(14)21)31-20(30)27-18-15(10-25-28(18)2)17-23-8-13(9-24-17)26-19(29)12-5-6-12/h3-4,7-12H,5-6H2,1-2H3,(H,26,29)(H,27,30). The van der Waals surface area contributed by atoms with Crippen molar-refractivity contribution < 1.29 is 14.3 Å². The Morgan fingerprint density at radius 3 is 2.61 bits per heavy atom. The minimum Gasteiger partial charge on any atom is -0.441 e. The van der Waals surface area contributed by atoms with Crippen molar-refractivity contribution >= 4 is 35.1 Å². The second-order valence-electron chi connectivity index (χ2n) is 7.15. The number of carbonyl (C=O) groups excluding carboxylic acids is 2. The fraction of sp³-hybridized carbons (Fsp3) is 0.300. The maximum atomic E-state index is 12.5. The van der Waals surface area contributed by atoms with E-state index in [1.54, 1.807) is 32.3 Å². The van der Waals surface area contributed by atoms with Gasteiger partial charge >= 0.3 is 6.09 Å². The first kappa shape index (κ1) is 20.7. The predicted molar refractivity (Wildman–Crippen MR) is 113 cm³/mol. The van der Waals surface area contributed by atoms with Gasteiger partial charge in [0, 0.05) is 24.7 Å². The lowest BCUT2D eigenvalue weighted by molar-refractivity contribution is -0.117. The monoisotopic (exact) mass is 441 g/mol. The Morgan fingerprint density at radius 2 is 1.94 bits per heavy atom. The Balaban J connectivity index is 1.45. The van der Waals surface area contributed by atoms with E-state index >= 15 is 0 Å². The smallest absolute Gasteiger partial charge is 0.413 e. The number of anilines is 2. The molecule has 10 nitrogen and oxygen atoms in total. The molecule has 2 N–H and O–H groups in total. The highest BCUT2D eigenvalue weighted by molar-refractivity contribution is 6.30. The fourth-order valence-corrected chi connectivity index (χ4v) is 3.20. The molecule has 1 fully saturated rings. The van der Waals surface area contributed by atoms with Gasteiger partial charge in [-0.05, 0) is 25.8 Å². The normalized spacial score (nSPS) is 14.0. The molecule has 1 unspecified atom stereocenters. The second kappa shape index (κ2) is 8.68. The lowest BCUT2D eigenvalue weighted by atomic mass is 10.2. The Kier molecular flexibility index (Phi) is 5.81. The lowest BCUT2D eigenvalue weighted by Gasteiger charge is -2.15. The van der Waals surface area contributed by atoms with Crippen LogP contribution in [0.4, 0.5) is 16.3 Å². The number of hydrogen-bond acceptors (Lipinski definition) is 7. The maximum absolute atomic E-state index is 12.5. The number of nitrogens with zero attached hydrogens (tertiary/aromatic N) is 5. The van der Waals surface area contributed by atoms with Crippen molar-refractivity contribution in [2.75, 3.05) is 10.6 Å². The zero-order valence-electron chi connectivity index (χ0n) is 16.9. The number of carbonyl (C=O) groups is 2. The van der Waals surface area contributed by atoms with Gasteiger partial charge in [0.25, 0.3) is 0 Å². The third-order valence-electron chi connectivity index (χ3n) is 4.78. The van der Waals surface area contributed by atoms with Crippen LogP contribution in [0, 0.1) is 5.92 Å². The van der Waals surface area contributed by atoms with Gasteiger partial charge in [-0.3, -0.25) is 14.8 Å². The highest BCUT2D eigenvalue weighted by Gasteiger charge is 2.29. The van der Waals surface area contributed by atoms with Crippen LogP contribution in [0.1, 0.15) is 31.4 Å². The molecule has 11 heteroatoms. The quantitative estimate of drug-likeness (QED) is 0.560. The highest BCUT2D eigenvalue weighted by atomic mass is 35.5. The molecule has 2 amide bonds. The SMILES string of the molecule is CC(OC(=O)Nc1c(-c2ncc(NC(=O)C3CC3)cn2)cnn1C)c1cccnc1Cl. The molecule has 1 aliphatic rings. The van der Waals surface area contributed by atoms with Crippen molar-refractivity contribution in [3.05, 3.63) is 47.6 Å². The first-order valence-corrected chi connectivity index (χ1v) is 10.0. The first-order valence-electron chi connectivity index (χ1n) is 9.65. The summed E-state index contributed by atoms with van der Waals surface area (Å²) in [4.78, 5) is 36.9. The summed E-state index contributed by atoms with van der Waals surface area (Å²) < 4.78 is 6.90. The van der Waals surface area contributed by atoms with Gasteiger partial charge < -0.3 is 10.1 Å². The molecule has 1 atom stereocenters. The van der Waals surface area contributed by atoms with Crippen molar-refractivity contribution in [1.29, 1.82) is 0 Å². The van der Waals surface area contributed by atoms with E-state index in [0.717, 1.165) is 12.8 Å². The molecule has 1 saturated carbocycles. The van der Waals surface area contributed by atoms with Crippen LogP contribution in [-0.4, -0.2) is 36.7 Å². The minimum atomic E-state index is -0.689. The number of nitrogens with one attached hydrogen (secondary N) is 2. The zero-order valence-corrected chi connectivity index (χ0v) is 17.6. The fourth-order valence-electron chi connectivity index (χ4n) is 2.92. The summed E-state index contributed by atoms with van der Waals surface area (Å²) in [7, 11) is 1.67. The Labute approximate surface area is 183 Å². The van der Waals surface area contributed by atoms with Crippen molar-refractivity contribution in [2.24, 2.45) is 13.0 Å². The Hall–Kier alpha value is -3.53. The van der Waals surface area contributed by atoms with Gasteiger partial charge in [0.15, 0.2) is 5.82 Å². The van der Waals surface area contributed by atoms with E-state index in [1.807, 2.05) is 0 Å². The third kappa shape index (κ3) is 4.80. The summed E-state index contributed by atoms with van der Waals surface area (Å²) in [5, 5.41) is 9.89. The molecule has 0 bridgehead atoms. The van der Waals surface area contributed by atoms with Gasteiger partial charge in [0.05, 0.1) is 29.8 Å². The number of rotatable bonds is 6. The molecule has 4 rings (SSSR count). The number of aromatic nitrogens is 5. The molecule has 0 aromatic carbocycles. The van der Waals surface area contributed by atoms with Gasteiger partial charge in [-0.1, -0.05) is 17.7 Å². The summed E-state index contributed by atoms with van der Waals surface area (Å²) >= 11 is 6.06. The summed E-state index contributed by atoms with van der Waals surface area (Å²) in [6.45, 7) is 1.70. The molecule has 3 aromatic heterocycles. The van der Waals surface area contributed by atoms with Crippen LogP contribution in [0.2, 0.25) is 5.15 Å². The van der Waals surface area contributed by atoms with Crippen molar-refractivity contribution in [3.63, 3.8) is 0 Å². The molecule has 160 valence electrons. The number of halogens is 1. The lowest BCUT2D eigenvalue weighted by Crippen LogP contribution is -2.18. The number of amides is 2. The third-order valence-corrected chi connectivity index (χ3v) is 5.09. The maximum Gasteiger partial charge on any atom is 0.413 e. The molecule has 0 radical (unpaired) electrons. The number of hydrogen-bond donors (Lipinski definition) is 2. The van der Waals surface area contributed by atoms with E-state index < -0.39 is 12.2 Å². The van der Waals surface area contributed by atoms with Crippen LogP contribution in [0.5, 0.6) is 0 Å². The van der Waals surface area contributed by atoms with Crippen LogP contribution in [0.15, 0.2) is 36.9 Å². The average molecular weight is 442 g/mol. The van der Waals surface area contributed by atoms with Crippen molar-refractivity contribution in [1.82, 2.24) is 24.7 Å². The first-order chi connectivity index (χ1) is 14.9. The summed E-state index contributed by atoms with van der Waals surface area (Å²) in [5.74, 6) is 0.773. The predicted octanol–water partition coefficient (Wildman–Crippen LogP) is 3.58. The average Bonchev–Trinajstić information content (AvgIpc) is 3.54. The Morgan fingerprint density at radius 1 is 1.19 bits per heavy atom. The van der Waals surface area contributed by atoms with Gasteiger partial charge in [-0.2, -0.15) is 5.10 Å². The summed E-state index contributed by atoms with van der Waals surface area (Å²) in [6.07, 6.45) is 6.66. The van der Waals surface area contributed by atoms with Crippen LogP contribution in [0.3, 0.4) is 0 Å². The topological polar surface area (TPSA) is 124 Å². The van der Waals surface area contributed by atoms with Gasteiger partial charge in [-0.25, -0.2) is 19.7 Å². The van der Waals surface area contributed by atoms with E-state index in [1.165, 1.54) is 23.3 Å². The molecular formula is C20H20ClN7O3. The number of ether oxygens (including phenoxy) is 1. The van der Waals surface area contributed by atoms with Crippen LogP contribution in [0.25, 0.3) is 11.4 Å². The summed E-state index contributed by atoms with van der Waals surface area (Å²) in [6, 6.07) is 3.45. The number of aryl methyl sites for hydroxylation is 1. The molecule has 0 spiro atoms. The van der Waals surface area contributed by atoms with Gasteiger partial charge in [0.1, 0.15) is 17.1 Å². The molecule has 0 aliphatic heterocycles.